The van der Waals surface area contributed by atoms with Gasteiger partial charge in [0.2, 0.25) is 5.91 Å². The minimum atomic E-state index is -0.282. The second kappa shape index (κ2) is 8.35. The van der Waals surface area contributed by atoms with Crippen LogP contribution in [0.2, 0.25) is 0 Å². The fourth-order valence-electron chi connectivity index (χ4n) is 3.64. The van der Waals surface area contributed by atoms with Crippen molar-refractivity contribution in [2.45, 2.75) is 12.5 Å². The van der Waals surface area contributed by atoms with Crippen LogP contribution in [0.5, 0.6) is 0 Å². The van der Waals surface area contributed by atoms with Crippen molar-refractivity contribution in [3.63, 3.8) is 0 Å². The van der Waals surface area contributed by atoms with Gasteiger partial charge in [-0.3, -0.25) is 14.6 Å². The Morgan fingerprint density at radius 2 is 1.86 bits per heavy atom. The largest absolute Gasteiger partial charge is 0.350 e. The molecule has 5 nitrogen and oxygen atoms in total. The highest BCUT2D eigenvalue weighted by molar-refractivity contribution is 7.12. The molecule has 2 atom stereocenters. The van der Waals surface area contributed by atoms with Crippen molar-refractivity contribution >= 4 is 23.2 Å². The topological polar surface area (TPSA) is 62.3 Å². The molecule has 2 amide bonds. The number of thiophene rings is 1. The molecule has 1 saturated heterocycles. The Balaban J connectivity index is 1.52. The highest BCUT2D eigenvalue weighted by Crippen LogP contribution is 2.34. The first-order valence-electron chi connectivity index (χ1n) is 9.27. The maximum atomic E-state index is 13.0. The average molecular weight is 391 g/mol. The minimum Gasteiger partial charge on any atom is -0.350 e. The van der Waals surface area contributed by atoms with E-state index in [9.17, 15) is 9.59 Å². The van der Waals surface area contributed by atoms with Gasteiger partial charge in [-0.25, -0.2) is 0 Å². The lowest BCUT2D eigenvalue weighted by Gasteiger charge is -2.18. The highest BCUT2D eigenvalue weighted by Gasteiger charge is 2.40. The number of benzene rings is 1. The lowest BCUT2D eigenvalue weighted by molar-refractivity contribution is -0.125. The molecular weight excluding hydrogens is 370 g/mol. The molecule has 1 aliphatic rings. The number of nitrogens with zero attached hydrogens (tertiary/aromatic N) is 2. The Morgan fingerprint density at radius 1 is 1.04 bits per heavy atom. The van der Waals surface area contributed by atoms with Gasteiger partial charge >= 0.3 is 0 Å². The predicted molar refractivity (Wildman–Crippen MR) is 109 cm³/mol. The molecule has 0 spiro atoms. The lowest BCUT2D eigenvalue weighted by Crippen LogP contribution is -2.35. The molecular formula is C22H21N3O2S. The van der Waals surface area contributed by atoms with E-state index >= 15 is 0 Å². The number of aromatic nitrogens is 1. The molecule has 3 aromatic rings. The molecule has 142 valence electrons. The summed E-state index contributed by atoms with van der Waals surface area (Å²) in [4.78, 5) is 32.6. The SMILES string of the molecule is O=C(NCc1ccccn1)[C@@H]1CN(C(=O)c2cccs2)C[C@@H]1c1ccccc1. The third-order valence-corrected chi connectivity index (χ3v) is 5.93. The Morgan fingerprint density at radius 3 is 2.57 bits per heavy atom. The van der Waals surface area contributed by atoms with E-state index in [0.29, 0.717) is 24.5 Å². The van der Waals surface area contributed by atoms with Crippen LogP contribution in [0.25, 0.3) is 0 Å². The van der Waals surface area contributed by atoms with Crippen molar-refractivity contribution in [1.82, 2.24) is 15.2 Å². The Hall–Kier alpha value is -2.99. The Bertz CT molecular complexity index is 929. The second-order valence-electron chi connectivity index (χ2n) is 6.85. The zero-order valence-corrected chi connectivity index (χ0v) is 16.1. The van der Waals surface area contributed by atoms with E-state index in [1.165, 1.54) is 11.3 Å². The molecule has 0 unspecified atom stereocenters. The summed E-state index contributed by atoms with van der Waals surface area (Å²) in [6, 6.07) is 19.3. The number of carbonyl (C=O) groups excluding carboxylic acids is 2. The van der Waals surface area contributed by atoms with Crippen LogP contribution >= 0.6 is 11.3 Å². The number of carbonyl (C=O) groups is 2. The summed E-state index contributed by atoms with van der Waals surface area (Å²) in [7, 11) is 0. The lowest BCUT2D eigenvalue weighted by atomic mass is 9.88. The maximum absolute atomic E-state index is 13.0. The van der Waals surface area contributed by atoms with Crippen LogP contribution in [-0.2, 0) is 11.3 Å². The Labute approximate surface area is 168 Å². The van der Waals surface area contributed by atoms with Gasteiger partial charge in [0.1, 0.15) is 0 Å². The van der Waals surface area contributed by atoms with Crippen LogP contribution < -0.4 is 5.32 Å². The van der Waals surface area contributed by atoms with Crippen molar-refractivity contribution < 1.29 is 9.59 Å². The van der Waals surface area contributed by atoms with E-state index < -0.39 is 0 Å². The van der Waals surface area contributed by atoms with Gasteiger partial charge in [0, 0.05) is 25.2 Å². The number of hydrogen-bond donors (Lipinski definition) is 1. The van der Waals surface area contributed by atoms with Gasteiger partial charge in [-0.1, -0.05) is 42.5 Å². The predicted octanol–water partition coefficient (Wildman–Crippen LogP) is 3.32. The van der Waals surface area contributed by atoms with Crippen LogP contribution in [-0.4, -0.2) is 34.8 Å². The fourth-order valence-corrected chi connectivity index (χ4v) is 4.33. The zero-order chi connectivity index (χ0) is 19.3. The number of likely N-dealkylation sites (tertiary alicyclic amines) is 1. The summed E-state index contributed by atoms with van der Waals surface area (Å²) >= 11 is 1.43. The molecule has 2 aromatic heterocycles. The molecule has 4 rings (SSSR count). The molecule has 0 aliphatic carbocycles. The van der Waals surface area contributed by atoms with Crippen LogP contribution in [0.1, 0.15) is 26.8 Å². The standard InChI is InChI=1S/C22H21N3O2S/c26-21(24-13-17-9-4-5-11-23-17)19-15-25(22(27)20-10-6-12-28-20)14-18(19)16-7-2-1-3-8-16/h1-12,18-19H,13-15H2,(H,24,26)/t18-,19-/m1/s1. The van der Waals surface area contributed by atoms with Crippen molar-refractivity contribution in [2.75, 3.05) is 13.1 Å². The number of nitrogens with one attached hydrogen (secondary N) is 1. The molecule has 6 heteroatoms. The summed E-state index contributed by atoms with van der Waals surface area (Å²) in [6.45, 7) is 1.35. The van der Waals surface area contributed by atoms with Gasteiger partial charge in [-0.05, 0) is 29.1 Å². The smallest absolute Gasteiger partial charge is 0.263 e. The number of amides is 2. The molecule has 28 heavy (non-hydrogen) atoms. The summed E-state index contributed by atoms with van der Waals surface area (Å²) < 4.78 is 0. The summed E-state index contributed by atoms with van der Waals surface area (Å²) in [5.41, 5.74) is 1.90. The van der Waals surface area contributed by atoms with Gasteiger partial charge in [-0.15, -0.1) is 11.3 Å². The third-order valence-electron chi connectivity index (χ3n) is 5.07. The van der Waals surface area contributed by atoms with Crippen LogP contribution in [0.4, 0.5) is 0 Å². The maximum Gasteiger partial charge on any atom is 0.263 e. The van der Waals surface area contributed by atoms with Crippen LogP contribution in [0.15, 0.2) is 72.2 Å². The molecule has 1 N–H and O–H groups in total. The monoisotopic (exact) mass is 391 g/mol. The fraction of sp³-hybridized carbons (Fsp3) is 0.227. The first-order valence-corrected chi connectivity index (χ1v) is 10.2. The normalized spacial score (nSPS) is 18.8. The molecule has 0 bridgehead atoms. The van der Waals surface area contributed by atoms with E-state index in [1.807, 2.05) is 66.0 Å². The first-order chi connectivity index (χ1) is 13.7. The average Bonchev–Trinajstić information content (AvgIpc) is 3.43. The van der Waals surface area contributed by atoms with Gasteiger partial charge in [0.15, 0.2) is 0 Å². The third kappa shape index (κ3) is 3.97. The number of hydrogen-bond acceptors (Lipinski definition) is 4. The van der Waals surface area contributed by atoms with E-state index in [2.05, 4.69) is 10.3 Å². The van der Waals surface area contributed by atoms with Gasteiger partial charge < -0.3 is 10.2 Å². The molecule has 0 saturated carbocycles. The van der Waals surface area contributed by atoms with E-state index in [0.717, 1.165) is 11.3 Å². The zero-order valence-electron chi connectivity index (χ0n) is 15.3. The van der Waals surface area contributed by atoms with Crippen molar-refractivity contribution in [2.24, 2.45) is 5.92 Å². The van der Waals surface area contributed by atoms with E-state index in [4.69, 9.17) is 0 Å². The van der Waals surface area contributed by atoms with Gasteiger partial charge in [0.05, 0.1) is 23.0 Å². The quantitative estimate of drug-likeness (QED) is 0.726. The Kier molecular flexibility index (Phi) is 5.48. The minimum absolute atomic E-state index is 0.00374. The molecule has 0 radical (unpaired) electrons. The summed E-state index contributed by atoms with van der Waals surface area (Å²) in [6.07, 6.45) is 1.71. The molecule has 1 aromatic carbocycles. The van der Waals surface area contributed by atoms with Gasteiger partial charge in [-0.2, -0.15) is 0 Å². The van der Waals surface area contributed by atoms with Crippen LogP contribution in [0, 0.1) is 5.92 Å². The van der Waals surface area contributed by atoms with E-state index in [1.54, 1.807) is 11.1 Å². The molecule has 3 heterocycles. The summed E-state index contributed by atoms with van der Waals surface area (Å²) in [5.74, 6) is -0.346. The molecule has 1 fully saturated rings. The highest BCUT2D eigenvalue weighted by atomic mass is 32.1. The molecule has 1 aliphatic heterocycles. The van der Waals surface area contributed by atoms with Crippen molar-refractivity contribution in [3.05, 3.63) is 88.4 Å². The van der Waals surface area contributed by atoms with E-state index in [-0.39, 0.29) is 23.7 Å². The second-order valence-corrected chi connectivity index (χ2v) is 7.80. The first kappa shape index (κ1) is 18.4. The van der Waals surface area contributed by atoms with Crippen LogP contribution in [0.3, 0.4) is 0 Å². The summed E-state index contributed by atoms with van der Waals surface area (Å²) in [5, 5.41) is 4.90. The van der Waals surface area contributed by atoms with Crippen molar-refractivity contribution in [1.29, 1.82) is 0 Å². The van der Waals surface area contributed by atoms with Gasteiger partial charge in [0.25, 0.3) is 5.91 Å². The number of pyridine rings is 1. The number of rotatable bonds is 5. The van der Waals surface area contributed by atoms with Crippen molar-refractivity contribution in [3.8, 4) is 0 Å².